The van der Waals surface area contributed by atoms with Crippen LogP contribution in [0.3, 0.4) is 0 Å². The molecule has 0 radical (unpaired) electrons. The topological polar surface area (TPSA) is 58.6 Å². The quantitative estimate of drug-likeness (QED) is 0.837. The molecule has 0 aliphatic carbocycles. The third-order valence-electron chi connectivity index (χ3n) is 4.68. The van der Waals surface area contributed by atoms with Gasteiger partial charge in [-0.15, -0.1) is 0 Å². The van der Waals surface area contributed by atoms with E-state index in [-0.39, 0.29) is 23.7 Å². The standard InChI is InChI=1S/C18H26ClNO3/c1-13(2)16(21)11-17(22)20-12-18(7-9-23-10-8-18)14-5-3-4-6-15(14)19/h3-6,13,16,21H,7-12H2,1-2H3,(H,20,22). The van der Waals surface area contributed by atoms with Crippen LogP contribution in [0.1, 0.15) is 38.7 Å². The van der Waals surface area contributed by atoms with Crippen molar-refractivity contribution in [2.24, 2.45) is 5.92 Å². The number of ether oxygens (including phenoxy) is 1. The van der Waals surface area contributed by atoms with Gasteiger partial charge in [0.25, 0.3) is 0 Å². The lowest BCUT2D eigenvalue weighted by Gasteiger charge is -2.38. The predicted octanol–water partition coefficient (Wildman–Crippen LogP) is 2.91. The number of carbonyl (C=O) groups excluding carboxylic acids is 1. The minimum Gasteiger partial charge on any atom is -0.392 e. The molecular formula is C18H26ClNO3. The molecule has 1 aromatic rings. The lowest BCUT2D eigenvalue weighted by molar-refractivity contribution is -0.124. The molecular weight excluding hydrogens is 314 g/mol. The van der Waals surface area contributed by atoms with Crippen molar-refractivity contribution in [1.82, 2.24) is 5.32 Å². The van der Waals surface area contributed by atoms with Crippen LogP contribution in [0.25, 0.3) is 0 Å². The van der Waals surface area contributed by atoms with Gasteiger partial charge in [0, 0.05) is 30.2 Å². The number of aliphatic hydroxyl groups excluding tert-OH is 1. The fourth-order valence-corrected chi connectivity index (χ4v) is 3.30. The summed E-state index contributed by atoms with van der Waals surface area (Å²) in [6, 6.07) is 7.81. The molecule has 1 amide bonds. The third-order valence-corrected chi connectivity index (χ3v) is 5.01. The molecule has 1 heterocycles. The number of hydrogen-bond acceptors (Lipinski definition) is 3. The van der Waals surface area contributed by atoms with E-state index in [2.05, 4.69) is 5.32 Å². The zero-order valence-electron chi connectivity index (χ0n) is 13.8. The fraction of sp³-hybridized carbons (Fsp3) is 0.611. The Bertz CT molecular complexity index is 527. The van der Waals surface area contributed by atoms with Crippen LogP contribution in [0.2, 0.25) is 5.02 Å². The molecule has 1 aromatic carbocycles. The first-order chi connectivity index (χ1) is 10.9. The molecule has 0 bridgehead atoms. The molecule has 0 aromatic heterocycles. The molecule has 0 spiro atoms. The molecule has 1 atom stereocenters. The second kappa shape index (κ2) is 8.13. The van der Waals surface area contributed by atoms with Crippen LogP contribution in [0.15, 0.2) is 24.3 Å². The van der Waals surface area contributed by atoms with Crippen molar-refractivity contribution in [1.29, 1.82) is 0 Å². The van der Waals surface area contributed by atoms with Crippen molar-refractivity contribution < 1.29 is 14.6 Å². The largest absolute Gasteiger partial charge is 0.392 e. The van der Waals surface area contributed by atoms with E-state index in [0.29, 0.717) is 19.8 Å². The SMILES string of the molecule is CC(C)C(O)CC(=O)NCC1(c2ccccc2Cl)CCOCC1. The molecule has 4 nitrogen and oxygen atoms in total. The maximum absolute atomic E-state index is 12.1. The monoisotopic (exact) mass is 339 g/mol. The van der Waals surface area contributed by atoms with Gasteiger partial charge in [-0.2, -0.15) is 0 Å². The molecule has 5 heteroatoms. The zero-order chi connectivity index (χ0) is 16.9. The Balaban J connectivity index is 2.08. The Morgan fingerprint density at radius 3 is 2.61 bits per heavy atom. The molecule has 1 fully saturated rings. The number of rotatable bonds is 6. The molecule has 1 aliphatic heterocycles. The summed E-state index contributed by atoms with van der Waals surface area (Å²) >= 11 is 6.39. The highest BCUT2D eigenvalue weighted by atomic mass is 35.5. The zero-order valence-corrected chi connectivity index (χ0v) is 14.6. The van der Waals surface area contributed by atoms with Gasteiger partial charge in [-0.1, -0.05) is 43.6 Å². The Hall–Kier alpha value is -1.10. The van der Waals surface area contributed by atoms with E-state index in [1.807, 2.05) is 38.1 Å². The highest BCUT2D eigenvalue weighted by Gasteiger charge is 2.36. The van der Waals surface area contributed by atoms with Crippen LogP contribution in [0, 0.1) is 5.92 Å². The molecule has 128 valence electrons. The molecule has 1 unspecified atom stereocenters. The molecule has 1 saturated heterocycles. The van der Waals surface area contributed by atoms with E-state index >= 15 is 0 Å². The number of aliphatic hydroxyl groups is 1. The second-order valence-electron chi connectivity index (χ2n) is 6.66. The lowest BCUT2D eigenvalue weighted by atomic mass is 9.74. The average Bonchev–Trinajstić information content (AvgIpc) is 2.54. The molecule has 2 rings (SSSR count). The number of halogens is 1. The normalized spacial score (nSPS) is 18.7. The summed E-state index contributed by atoms with van der Waals surface area (Å²) in [6.45, 7) is 5.65. The van der Waals surface area contributed by atoms with Crippen LogP contribution in [0.4, 0.5) is 0 Å². The average molecular weight is 340 g/mol. The van der Waals surface area contributed by atoms with Gasteiger partial charge < -0.3 is 15.2 Å². The third kappa shape index (κ3) is 4.69. The highest BCUT2D eigenvalue weighted by molar-refractivity contribution is 6.31. The number of carbonyl (C=O) groups is 1. The Morgan fingerprint density at radius 2 is 2.00 bits per heavy atom. The minimum absolute atomic E-state index is 0.0707. The lowest BCUT2D eigenvalue weighted by Crippen LogP contribution is -2.45. The van der Waals surface area contributed by atoms with Crippen molar-refractivity contribution in [3.05, 3.63) is 34.9 Å². The maximum Gasteiger partial charge on any atom is 0.222 e. The van der Waals surface area contributed by atoms with Crippen LogP contribution in [-0.2, 0) is 14.9 Å². The summed E-state index contributed by atoms with van der Waals surface area (Å²) in [5.41, 5.74) is 0.865. The molecule has 23 heavy (non-hydrogen) atoms. The van der Waals surface area contributed by atoms with E-state index < -0.39 is 6.10 Å². The smallest absolute Gasteiger partial charge is 0.222 e. The highest BCUT2D eigenvalue weighted by Crippen LogP contribution is 2.38. The summed E-state index contributed by atoms with van der Waals surface area (Å²) in [7, 11) is 0. The van der Waals surface area contributed by atoms with E-state index in [1.165, 1.54) is 0 Å². The number of benzene rings is 1. The van der Waals surface area contributed by atoms with Crippen LogP contribution in [0.5, 0.6) is 0 Å². The molecule has 1 aliphatic rings. The number of nitrogens with one attached hydrogen (secondary N) is 1. The Labute approximate surface area is 143 Å². The number of hydrogen-bond donors (Lipinski definition) is 2. The van der Waals surface area contributed by atoms with Crippen molar-refractivity contribution in [3.63, 3.8) is 0 Å². The van der Waals surface area contributed by atoms with Crippen molar-refractivity contribution in [2.75, 3.05) is 19.8 Å². The van der Waals surface area contributed by atoms with Gasteiger partial charge >= 0.3 is 0 Å². The van der Waals surface area contributed by atoms with E-state index in [1.54, 1.807) is 0 Å². The van der Waals surface area contributed by atoms with Gasteiger partial charge in [-0.05, 0) is 30.4 Å². The Morgan fingerprint density at radius 1 is 1.35 bits per heavy atom. The van der Waals surface area contributed by atoms with Crippen LogP contribution in [-0.4, -0.2) is 36.9 Å². The number of amides is 1. The van der Waals surface area contributed by atoms with E-state index in [4.69, 9.17) is 16.3 Å². The summed E-state index contributed by atoms with van der Waals surface area (Å²) < 4.78 is 5.49. The molecule has 2 N–H and O–H groups in total. The van der Waals surface area contributed by atoms with Gasteiger partial charge in [0.05, 0.1) is 12.5 Å². The van der Waals surface area contributed by atoms with Crippen molar-refractivity contribution in [3.8, 4) is 0 Å². The summed E-state index contributed by atoms with van der Waals surface area (Å²) in [4.78, 5) is 12.1. The van der Waals surface area contributed by atoms with Gasteiger partial charge in [0.1, 0.15) is 0 Å². The van der Waals surface area contributed by atoms with Gasteiger partial charge in [-0.25, -0.2) is 0 Å². The van der Waals surface area contributed by atoms with Gasteiger partial charge in [0.2, 0.25) is 5.91 Å². The van der Waals surface area contributed by atoms with Crippen molar-refractivity contribution in [2.45, 2.75) is 44.6 Å². The maximum atomic E-state index is 12.1. The van der Waals surface area contributed by atoms with Gasteiger partial charge in [-0.3, -0.25) is 4.79 Å². The fourth-order valence-electron chi connectivity index (χ4n) is 2.96. The first-order valence-electron chi connectivity index (χ1n) is 8.22. The van der Waals surface area contributed by atoms with E-state index in [9.17, 15) is 9.90 Å². The van der Waals surface area contributed by atoms with Gasteiger partial charge in [0.15, 0.2) is 0 Å². The minimum atomic E-state index is -0.610. The van der Waals surface area contributed by atoms with Crippen molar-refractivity contribution >= 4 is 17.5 Å². The second-order valence-corrected chi connectivity index (χ2v) is 7.07. The summed E-state index contributed by atoms with van der Waals surface area (Å²) in [6.07, 6.45) is 1.17. The first kappa shape index (κ1) is 18.2. The van der Waals surface area contributed by atoms with Crippen LogP contribution < -0.4 is 5.32 Å². The Kier molecular flexibility index (Phi) is 6.45. The summed E-state index contributed by atoms with van der Waals surface area (Å²) in [5, 5.41) is 13.6. The summed E-state index contributed by atoms with van der Waals surface area (Å²) in [5.74, 6) is -0.0505. The van der Waals surface area contributed by atoms with Crippen LogP contribution >= 0.6 is 11.6 Å². The molecule has 0 saturated carbocycles. The first-order valence-corrected chi connectivity index (χ1v) is 8.60. The predicted molar refractivity (Wildman–Crippen MR) is 91.7 cm³/mol. The van der Waals surface area contributed by atoms with E-state index in [0.717, 1.165) is 23.4 Å².